The fourth-order valence-corrected chi connectivity index (χ4v) is 3.69. The molecule has 3 aromatic rings. The SMILES string of the molecule is CC(=O)N(c1nc(/C=C2/N=C(c3ccc(C)cc3)OC2=O)cs1)c1ccccc1F. The molecule has 30 heavy (non-hydrogen) atoms. The monoisotopic (exact) mass is 421 g/mol. The number of cyclic esters (lactones) is 1. The van der Waals surface area contributed by atoms with Gasteiger partial charge in [-0.25, -0.2) is 19.2 Å². The van der Waals surface area contributed by atoms with E-state index in [4.69, 9.17) is 4.74 Å². The normalized spacial score (nSPS) is 14.6. The number of aryl methyl sites for hydroxylation is 1. The number of carbonyl (C=O) groups excluding carboxylic acids is 2. The standard InChI is InChI=1S/C22H16FN3O3S/c1-13-7-9-15(10-8-13)20-25-18(21(28)29-20)11-16-12-30-22(24-16)26(14(2)27)19-6-4-3-5-17(19)23/h3-12H,1-2H3/b18-11+. The molecule has 2 aromatic carbocycles. The van der Waals surface area contributed by atoms with Crippen molar-refractivity contribution in [3.8, 4) is 0 Å². The topological polar surface area (TPSA) is 71.9 Å². The highest BCUT2D eigenvalue weighted by Crippen LogP contribution is 2.31. The third kappa shape index (κ3) is 3.90. The molecule has 0 radical (unpaired) electrons. The summed E-state index contributed by atoms with van der Waals surface area (Å²) >= 11 is 1.16. The molecule has 4 rings (SSSR count). The summed E-state index contributed by atoms with van der Waals surface area (Å²) in [6, 6.07) is 13.4. The van der Waals surface area contributed by atoms with Crippen LogP contribution in [-0.2, 0) is 14.3 Å². The van der Waals surface area contributed by atoms with Crippen LogP contribution in [0.4, 0.5) is 15.2 Å². The maximum absolute atomic E-state index is 14.2. The van der Waals surface area contributed by atoms with Crippen molar-refractivity contribution in [2.75, 3.05) is 4.90 Å². The third-order valence-corrected chi connectivity index (χ3v) is 5.16. The van der Waals surface area contributed by atoms with Crippen molar-refractivity contribution >= 4 is 46.0 Å². The molecule has 1 amide bonds. The summed E-state index contributed by atoms with van der Waals surface area (Å²) in [6.45, 7) is 3.29. The molecule has 1 aromatic heterocycles. The van der Waals surface area contributed by atoms with Crippen molar-refractivity contribution in [1.82, 2.24) is 4.98 Å². The fraction of sp³-hybridized carbons (Fsp3) is 0.0909. The van der Waals surface area contributed by atoms with Crippen LogP contribution in [0.15, 0.2) is 64.6 Å². The van der Waals surface area contributed by atoms with Gasteiger partial charge in [0.25, 0.3) is 0 Å². The smallest absolute Gasteiger partial charge is 0.363 e. The first-order chi connectivity index (χ1) is 14.4. The number of esters is 1. The van der Waals surface area contributed by atoms with Gasteiger partial charge in [0.2, 0.25) is 11.8 Å². The van der Waals surface area contributed by atoms with Crippen LogP contribution in [0.1, 0.15) is 23.7 Å². The maximum Gasteiger partial charge on any atom is 0.363 e. The molecule has 150 valence electrons. The molecule has 0 saturated carbocycles. The number of benzene rings is 2. The number of hydrogen-bond acceptors (Lipinski definition) is 6. The van der Waals surface area contributed by atoms with Crippen molar-refractivity contribution in [2.24, 2.45) is 4.99 Å². The molecule has 0 aliphatic carbocycles. The highest BCUT2D eigenvalue weighted by atomic mass is 32.1. The van der Waals surface area contributed by atoms with E-state index in [1.165, 1.54) is 30.0 Å². The van der Waals surface area contributed by atoms with Gasteiger partial charge in [0.15, 0.2) is 10.8 Å². The Morgan fingerprint density at radius 1 is 1.17 bits per heavy atom. The van der Waals surface area contributed by atoms with Crippen LogP contribution < -0.4 is 4.90 Å². The molecule has 0 spiro atoms. The second-order valence-corrected chi connectivity index (χ2v) is 7.40. The number of aliphatic imine (C=N–C) groups is 1. The second kappa shape index (κ2) is 8.00. The largest absolute Gasteiger partial charge is 0.402 e. The minimum absolute atomic E-state index is 0.0997. The first-order valence-electron chi connectivity index (χ1n) is 9.03. The predicted molar refractivity (Wildman–Crippen MR) is 113 cm³/mol. The molecule has 1 aliphatic rings. The van der Waals surface area contributed by atoms with Crippen LogP contribution in [0.5, 0.6) is 0 Å². The van der Waals surface area contributed by atoms with Crippen LogP contribution in [0.2, 0.25) is 0 Å². The number of carbonyl (C=O) groups is 2. The first kappa shape index (κ1) is 19.7. The lowest BCUT2D eigenvalue weighted by Crippen LogP contribution is -2.23. The number of para-hydroxylation sites is 1. The van der Waals surface area contributed by atoms with E-state index in [1.54, 1.807) is 17.5 Å². The number of ether oxygens (including phenoxy) is 1. The molecule has 0 bridgehead atoms. The molecular weight excluding hydrogens is 405 g/mol. The summed E-state index contributed by atoms with van der Waals surface area (Å²) in [5.41, 5.74) is 2.40. The first-order valence-corrected chi connectivity index (χ1v) is 9.90. The number of amides is 1. The van der Waals surface area contributed by atoms with Crippen molar-refractivity contribution < 1.29 is 18.7 Å². The summed E-state index contributed by atoms with van der Waals surface area (Å²) in [6.07, 6.45) is 1.48. The molecule has 0 N–H and O–H groups in total. The molecular formula is C22H16FN3O3S. The van der Waals surface area contributed by atoms with E-state index in [0.29, 0.717) is 11.3 Å². The van der Waals surface area contributed by atoms with Gasteiger partial charge in [-0.15, -0.1) is 11.3 Å². The van der Waals surface area contributed by atoms with Gasteiger partial charge in [0.1, 0.15) is 5.82 Å². The molecule has 0 atom stereocenters. The highest BCUT2D eigenvalue weighted by Gasteiger charge is 2.25. The maximum atomic E-state index is 14.2. The highest BCUT2D eigenvalue weighted by molar-refractivity contribution is 7.14. The number of thiazole rings is 1. The lowest BCUT2D eigenvalue weighted by molar-refractivity contribution is -0.130. The van der Waals surface area contributed by atoms with Crippen molar-refractivity contribution in [1.29, 1.82) is 0 Å². The lowest BCUT2D eigenvalue weighted by Gasteiger charge is -2.18. The molecule has 2 heterocycles. The third-order valence-electron chi connectivity index (χ3n) is 4.31. The Hall–Kier alpha value is -3.65. The van der Waals surface area contributed by atoms with Gasteiger partial charge < -0.3 is 4.74 Å². The Balaban J connectivity index is 1.64. The Labute approximate surface area is 176 Å². The molecule has 0 saturated heterocycles. The number of rotatable bonds is 4. The Morgan fingerprint density at radius 2 is 1.90 bits per heavy atom. The van der Waals surface area contributed by atoms with E-state index >= 15 is 0 Å². The van der Waals surface area contributed by atoms with E-state index in [9.17, 15) is 14.0 Å². The van der Waals surface area contributed by atoms with E-state index in [2.05, 4.69) is 9.98 Å². The molecule has 8 heteroatoms. The lowest BCUT2D eigenvalue weighted by atomic mass is 10.1. The number of halogens is 1. The molecule has 0 fully saturated rings. The number of hydrogen-bond donors (Lipinski definition) is 0. The van der Waals surface area contributed by atoms with Crippen molar-refractivity contribution in [3.05, 3.63) is 82.2 Å². The zero-order valence-electron chi connectivity index (χ0n) is 16.1. The molecule has 1 aliphatic heterocycles. The summed E-state index contributed by atoms with van der Waals surface area (Å²) in [7, 11) is 0. The quantitative estimate of drug-likeness (QED) is 0.455. The number of aromatic nitrogens is 1. The van der Waals surface area contributed by atoms with Gasteiger partial charge in [0, 0.05) is 17.9 Å². The van der Waals surface area contributed by atoms with Crippen molar-refractivity contribution in [2.45, 2.75) is 13.8 Å². The van der Waals surface area contributed by atoms with Crippen LogP contribution >= 0.6 is 11.3 Å². The van der Waals surface area contributed by atoms with Gasteiger partial charge in [-0.3, -0.25) is 9.69 Å². The van der Waals surface area contributed by atoms with Gasteiger partial charge in [0.05, 0.1) is 11.4 Å². The van der Waals surface area contributed by atoms with E-state index < -0.39 is 11.8 Å². The Kier molecular flexibility index (Phi) is 5.24. The summed E-state index contributed by atoms with van der Waals surface area (Å²) < 4.78 is 19.4. The Bertz CT molecular complexity index is 1200. The Morgan fingerprint density at radius 3 is 2.60 bits per heavy atom. The zero-order chi connectivity index (χ0) is 21.3. The predicted octanol–water partition coefficient (Wildman–Crippen LogP) is 4.62. The van der Waals surface area contributed by atoms with Crippen LogP contribution in [0, 0.1) is 12.7 Å². The van der Waals surface area contributed by atoms with Crippen LogP contribution in [-0.4, -0.2) is 22.8 Å². The number of nitrogens with zero attached hydrogens (tertiary/aromatic N) is 3. The van der Waals surface area contributed by atoms with Gasteiger partial charge in [-0.2, -0.15) is 0 Å². The van der Waals surface area contributed by atoms with Crippen molar-refractivity contribution in [3.63, 3.8) is 0 Å². The van der Waals surface area contributed by atoms with E-state index in [0.717, 1.165) is 16.9 Å². The van der Waals surface area contributed by atoms with Gasteiger partial charge in [-0.05, 0) is 37.3 Å². The summed E-state index contributed by atoms with van der Waals surface area (Å²) in [5, 5.41) is 1.94. The molecule has 6 nitrogen and oxygen atoms in total. The number of anilines is 2. The van der Waals surface area contributed by atoms with Crippen LogP contribution in [0.25, 0.3) is 6.08 Å². The minimum Gasteiger partial charge on any atom is -0.402 e. The van der Waals surface area contributed by atoms with E-state index in [-0.39, 0.29) is 28.3 Å². The fourth-order valence-electron chi connectivity index (χ4n) is 2.85. The summed E-state index contributed by atoms with van der Waals surface area (Å²) in [4.78, 5) is 34.1. The zero-order valence-corrected chi connectivity index (χ0v) is 16.9. The minimum atomic E-state index is -0.586. The average Bonchev–Trinajstić information content (AvgIpc) is 3.31. The van der Waals surface area contributed by atoms with Gasteiger partial charge >= 0.3 is 5.97 Å². The molecule has 0 unspecified atom stereocenters. The second-order valence-electron chi connectivity index (χ2n) is 6.56. The van der Waals surface area contributed by atoms with Gasteiger partial charge in [-0.1, -0.05) is 29.8 Å². The van der Waals surface area contributed by atoms with Crippen LogP contribution in [0.3, 0.4) is 0 Å². The van der Waals surface area contributed by atoms with E-state index in [1.807, 2.05) is 31.2 Å². The average molecular weight is 421 g/mol. The summed E-state index contributed by atoms with van der Waals surface area (Å²) in [5.74, 6) is -1.28.